The van der Waals surface area contributed by atoms with E-state index in [9.17, 15) is 14.9 Å². The van der Waals surface area contributed by atoms with E-state index in [1.54, 1.807) is 24.3 Å². The van der Waals surface area contributed by atoms with Crippen LogP contribution in [0, 0.1) is 10.1 Å². The van der Waals surface area contributed by atoms with Gasteiger partial charge in [-0.2, -0.15) is 0 Å². The molecule has 0 saturated heterocycles. The highest BCUT2D eigenvalue weighted by Crippen LogP contribution is 2.19. The molecule has 0 fully saturated rings. The summed E-state index contributed by atoms with van der Waals surface area (Å²) in [6.45, 7) is 0.944. The lowest BCUT2D eigenvalue weighted by Crippen LogP contribution is -2.12. The van der Waals surface area contributed by atoms with Gasteiger partial charge in [0, 0.05) is 34.5 Å². The number of carboxylic acids is 1. The predicted molar refractivity (Wildman–Crippen MR) is 79.3 cm³/mol. The number of rotatable bonds is 7. The molecule has 0 aliphatic carbocycles. The Morgan fingerprint density at radius 1 is 1.19 bits per heavy atom. The molecule has 2 N–H and O–H groups in total. The molecule has 0 atom stereocenters. The van der Waals surface area contributed by atoms with Gasteiger partial charge in [-0.3, -0.25) is 14.9 Å². The lowest BCUT2D eigenvalue weighted by molar-refractivity contribution is -0.385. The third-order valence-corrected chi connectivity index (χ3v) is 3.93. The Bertz CT molecular complexity index is 654. The minimum Gasteiger partial charge on any atom is -0.481 e. The smallest absolute Gasteiger partial charge is 0.308 e. The summed E-state index contributed by atoms with van der Waals surface area (Å²) >= 11 is 1.43. The van der Waals surface area contributed by atoms with Crippen LogP contribution < -0.4 is 5.32 Å². The third-order valence-electron chi connectivity index (χ3n) is 2.85. The first-order chi connectivity index (χ1) is 10.1. The van der Waals surface area contributed by atoms with E-state index in [1.807, 2.05) is 6.07 Å². The molecule has 0 unspecified atom stereocenters. The van der Waals surface area contributed by atoms with Crippen molar-refractivity contribution in [1.82, 2.24) is 5.32 Å². The zero-order valence-corrected chi connectivity index (χ0v) is 11.9. The number of nitro benzene ring substituents is 1. The summed E-state index contributed by atoms with van der Waals surface area (Å²) in [5, 5.41) is 22.7. The van der Waals surface area contributed by atoms with Gasteiger partial charge in [-0.15, -0.1) is 11.3 Å². The van der Waals surface area contributed by atoms with Crippen LogP contribution in [0.2, 0.25) is 0 Å². The van der Waals surface area contributed by atoms with E-state index in [-0.39, 0.29) is 12.1 Å². The number of hydrogen-bond acceptors (Lipinski definition) is 5. The molecule has 0 bridgehead atoms. The van der Waals surface area contributed by atoms with Crippen LogP contribution in [-0.4, -0.2) is 16.0 Å². The molecule has 6 nitrogen and oxygen atoms in total. The molecule has 2 aromatic rings. The van der Waals surface area contributed by atoms with E-state index in [0.717, 1.165) is 9.75 Å². The average Bonchev–Trinajstić information content (AvgIpc) is 2.86. The van der Waals surface area contributed by atoms with Gasteiger partial charge in [0.15, 0.2) is 0 Å². The lowest BCUT2D eigenvalue weighted by atomic mass is 10.2. The number of hydrogen-bond donors (Lipinski definition) is 2. The fourth-order valence-corrected chi connectivity index (χ4v) is 2.90. The van der Waals surface area contributed by atoms with Crippen molar-refractivity contribution < 1.29 is 14.8 Å². The highest BCUT2D eigenvalue weighted by Gasteiger charge is 2.11. The average molecular weight is 306 g/mol. The molecule has 110 valence electrons. The van der Waals surface area contributed by atoms with Gasteiger partial charge in [-0.25, -0.2) is 0 Å². The second-order valence-electron chi connectivity index (χ2n) is 4.43. The Morgan fingerprint density at radius 3 is 2.62 bits per heavy atom. The fraction of sp³-hybridized carbons (Fsp3) is 0.214. The van der Waals surface area contributed by atoms with Crippen molar-refractivity contribution in [2.75, 3.05) is 0 Å². The van der Waals surface area contributed by atoms with Gasteiger partial charge in [-0.1, -0.05) is 18.2 Å². The van der Waals surface area contributed by atoms with Crippen molar-refractivity contribution >= 4 is 23.0 Å². The first-order valence-corrected chi connectivity index (χ1v) is 7.10. The Morgan fingerprint density at radius 2 is 1.90 bits per heavy atom. The summed E-state index contributed by atoms with van der Waals surface area (Å²) in [7, 11) is 0. The molecule has 1 heterocycles. The molecular weight excluding hydrogens is 292 g/mol. The zero-order valence-electron chi connectivity index (χ0n) is 11.1. The van der Waals surface area contributed by atoms with E-state index in [2.05, 4.69) is 5.32 Å². The van der Waals surface area contributed by atoms with Crippen LogP contribution in [0.5, 0.6) is 0 Å². The normalized spacial score (nSPS) is 10.5. The van der Waals surface area contributed by atoms with Crippen molar-refractivity contribution in [3.63, 3.8) is 0 Å². The quantitative estimate of drug-likeness (QED) is 0.606. The Balaban J connectivity index is 1.91. The van der Waals surface area contributed by atoms with Gasteiger partial charge < -0.3 is 10.4 Å². The second kappa shape index (κ2) is 6.96. The molecule has 0 radical (unpaired) electrons. The zero-order chi connectivity index (χ0) is 15.2. The molecule has 1 aromatic carbocycles. The number of para-hydroxylation sites is 1. The highest BCUT2D eigenvalue weighted by molar-refractivity contribution is 7.12. The van der Waals surface area contributed by atoms with E-state index < -0.39 is 10.9 Å². The summed E-state index contributed by atoms with van der Waals surface area (Å²) < 4.78 is 0. The number of carboxylic acid groups (broad SMARTS) is 1. The second-order valence-corrected chi connectivity index (χ2v) is 5.68. The monoisotopic (exact) mass is 306 g/mol. The number of thiophene rings is 1. The standard InChI is InChI=1S/C14H14N2O4S/c17-14(18)7-11-5-6-12(21-11)9-15-8-10-3-1-2-4-13(10)16(19)20/h1-6,15H,7-9H2,(H,17,18). The van der Waals surface area contributed by atoms with Crippen LogP contribution >= 0.6 is 11.3 Å². The largest absolute Gasteiger partial charge is 0.481 e. The number of nitro groups is 1. The lowest BCUT2D eigenvalue weighted by Gasteiger charge is -2.04. The van der Waals surface area contributed by atoms with Gasteiger partial charge in [0.25, 0.3) is 5.69 Å². The van der Waals surface area contributed by atoms with Crippen molar-refractivity contribution in [2.24, 2.45) is 0 Å². The van der Waals surface area contributed by atoms with E-state index in [0.29, 0.717) is 18.7 Å². The van der Waals surface area contributed by atoms with Crippen LogP contribution in [0.15, 0.2) is 36.4 Å². The van der Waals surface area contributed by atoms with E-state index >= 15 is 0 Å². The molecule has 0 amide bonds. The van der Waals surface area contributed by atoms with Gasteiger partial charge in [0.2, 0.25) is 0 Å². The number of nitrogens with zero attached hydrogens (tertiary/aromatic N) is 1. The van der Waals surface area contributed by atoms with Crippen LogP contribution in [0.3, 0.4) is 0 Å². The fourth-order valence-electron chi connectivity index (χ4n) is 1.92. The molecule has 2 rings (SSSR count). The highest BCUT2D eigenvalue weighted by atomic mass is 32.1. The van der Waals surface area contributed by atoms with Crippen molar-refractivity contribution in [3.05, 3.63) is 61.8 Å². The number of benzene rings is 1. The first kappa shape index (κ1) is 15.1. The van der Waals surface area contributed by atoms with Crippen LogP contribution in [0.25, 0.3) is 0 Å². The summed E-state index contributed by atoms with van der Waals surface area (Å²) in [5.41, 5.74) is 0.729. The number of aliphatic carboxylic acids is 1. The van der Waals surface area contributed by atoms with Crippen molar-refractivity contribution in [3.8, 4) is 0 Å². The molecular formula is C14H14N2O4S. The molecule has 21 heavy (non-hydrogen) atoms. The van der Waals surface area contributed by atoms with Crippen molar-refractivity contribution in [1.29, 1.82) is 0 Å². The molecule has 1 aromatic heterocycles. The number of nitrogens with one attached hydrogen (secondary N) is 1. The molecule has 0 aliphatic heterocycles. The topological polar surface area (TPSA) is 92.5 Å². The summed E-state index contributed by atoms with van der Waals surface area (Å²) in [5.74, 6) is -0.851. The third kappa shape index (κ3) is 4.37. The van der Waals surface area contributed by atoms with Crippen LogP contribution in [-0.2, 0) is 24.3 Å². The van der Waals surface area contributed by atoms with Gasteiger partial charge in [0.05, 0.1) is 11.3 Å². The van der Waals surface area contributed by atoms with Gasteiger partial charge in [-0.05, 0) is 12.1 Å². The molecule has 0 spiro atoms. The Kier molecular flexibility index (Phi) is 5.02. The Hall–Kier alpha value is -2.25. The maximum Gasteiger partial charge on any atom is 0.308 e. The van der Waals surface area contributed by atoms with Crippen LogP contribution in [0.1, 0.15) is 15.3 Å². The Labute approximate surface area is 125 Å². The summed E-state index contributed by atoms with van der Waals surface area (Å²) in [4.78, 5) is 22.9. The molecule has 0 aliphatic rings. The summed E-state index contributed by atoms with van der Waals surface area (Å²) in [6.07, 6.45) is 0.0226. The minimum absolute atomic E-state index is 0.0226. The SMILES string of the molecule is O=C(O)Cc1ccc(CNCc2ccccc2[N+](=O)[O-])s1. The minimum atomic E-state index is -0.851. The molecule has 7 heteroatoms. The van der Waals surface area contributed by atoms with E-state index in [4.69, 9.17) is 5.11 Å². The van der Waals surface area contributed by atoms with Crippen LogP contribution in [0.4, 0.5) is 5.69 Å². The maximum atomic E-state index is 10.9. The number of carbonyl (C=O) groups is 1. The predicted octanol–water partition coefficient (Wildman–Crippen LogP) is 2.57. The first-order valence-electron chi connectivity index (χ1n) is 6.28. The van der Waals surface area contributed by atoms with Crippen molar-refractivity contribution in [2.45, 2.75) is 19.5 Å². The molecule has 0 saturated carbocycles. The van der Waals surface area contributed by atoms with Gasteiger partial charge in [0.1, 0.15) is 0 Å². The van der Waals surface area contributed by atoms with E-state index in [1.165, 1.54) is 17.4 Å². The van der Waals surface area contributed by atoms with Gasteiger partial charge >= 0.3 is 5.97 Å². The maximum absolute atomic E-state index is 10.9. The summed E-state index contributed by atoms with van der Waals surface area (Å²) in [6, 6.07) is 10.3.